The van der Waals surface area contributed by atoms with Crippen molar-refractivity contribution in [2.24, 2.45) is 5.92 Å². The van der Waals surface area contributed by atoms with Gasteiger partial charge in [0.1, 0.15) is 11.5 Å². The second kappa shape index (κ2) is 8.03. The molecule has 0 saturated carbocycles. The molecule has 0 bridgehead atoms. The Balaban J connectivity index is 1.40. The largest absolute Gasteiger partial charge is 0.340 e. The molecule has 0 N–H and O–H groups in total. The van der Waals surface area contributed by atoms with Gasteiger partial charge in [0.05, 0.1) is 6.20 Å². The SMILES string of the molecule is CC(=O)N1CCCCCC1C1CCN(C(=O)c2cnc3n2CCCC3)CC1. The second-order valence-corrected chi connectivity index (χ2v) is 8.43. The van der Waals surface area contributed by atoms with Crippen molar-refractivity contribution in [1.82, 2.24) is 19.4 Å². The maximum atomic E-state index is 13.0. The fraction of sp³-hybridized carbons (Fsp3) is 0.762. The molecule has 3 aliphatic rings. The lowest BCUT2D eigenvalue weighted by atomic mass is 9.86. The molecule has 4 rings (SSSR count). The third kappa shape index (κ3) is 3.76. The van der Waals surface area contributed by atoms with Crippen molar-refractivity contribution in [2.45, 2.75) is 77.3 Å². The number of piperidine rings is 1. The van der Waals surface area contributed by atoms with Crippen LogP contribution in [0.5, 0.6) is 0 Å². The summed E-state index contributed by atoms with van der Waals surface area (Å²) in [5, 5.41) is 0. The van der Waals surface area contributed by atoms with Crippen LogP contribution in [0, 0.1) is 5.92 Å². The monoisotopic (exact) mass is 372 g/mol. The van der Waals surface area contributed by atoms with Crippen LogP contribution in [-0.2, 0) is 17.8 Å². The number of fused-ring (bicyclic) bond motifs is 1. The number of aromatic nitrogens is 2. The lowest BCUT2D eigenvalue weighted by Gasteiger charge is -2.40. The van der Waals surface area contributed by atoms with E-state index in [9.17, 15) is 9.59 Å². The van der Waals surface area contributed by atoms with Gasteiger partial charge in [0, 0.05) is 45.6 Å². The van der Waals surface area contributed by atoms with Gasteiger partial charge in [-0.1, -0.05) is 12.8 Å². The molecule has 0 spiro atoms. The van der Waals surface area contributed by atoms with Crippen LogP contribution in [0.2, 0.25) is 0 Å². The number of carbonyl (C=O) groups excluding carboxylic acids is 2. The van der Waals surface area contributed by atoms with Gasteiger partial charge in [0.25, 0.3) is 5.91 Å². The van der Waals surface area contributed by atoms with Crippen molar-refractivity contribution in [3.8, 4) is 0 Å². The average Bonchev–Trinajstić information content (AvgIpc) is 2.96. The molecule has 1 unspecified atom stereocenters. The van der Waals surface area contributed by atoms with Gasteiger partial charge in [-0.05, 0) is 44.4 Å². The van der Waals surface area contributed by atoms with Crippen LogP contribution in [0.3, 0.4) is 0 Å². The number of aryl methyl sites for hydroxylation is 1. The highest BCUT2D eigenvalue weighted by molar-refractivity contribution is 5.92. The molecule has 1 atom stereocenters. The molecule has 0 aromatic carbocycles. The molecule has 1 aromatic rings. The van der Waals surface area contributed by atoms with E-state index in [1.165, 1.54) is 19.3 Å². The highest BCUT2D eigenvalue weighted by Gasteiger charge is 2.34. The molecule has 4 heterocycles. The molecule has 1 aromatic heterocycles. The first-order chi connectivity index (χ1) is 13.1. The van der Waals surface area contributed by atoms with E-state index in [1.807, 2.05) is 4.90 Å². The number of hydrogen-bond acceptors (Lipinski definition) is 3. The average molecular weight is 373 g/mol. The smallest absolute Gasteiger partial charge is 0.272 e. The first kappa shape index (κ1) is 18.5. The predicted octanol–water partition coefficient (Wildman–Crippen LogP) is 2.86. The Labute approximate surface area is 161 Å². The number of imidazole rings is 1. The van der Waals surface area contributed by atoms with E-state index < -0.39 is 0 Å². The molecule has 148 valence electrons. The molecule has 2 saturated heterocycles. The number of amides is 2. The molecule has 3 aliphatic heterocycles. The number of rotatable bonds is 2. The Bertz CT molecular complexity index is 690. The maximum absolute atomic E-state index is 13.0. The van der Waals surface area contributed by atoms with E-state index in [0.29, 0.717) is 12.0 Å². The van der Waals surface area contributed by atoms with Crippen molar-refractivity contribution in [3.05, 3.63) is 17.7 Å². The number of hydrogen-bond donors (Lipinski definition) is 0. The summed E-state index contributed by atoms with van der Waals surface area (Å²) >= 11 is 0. The first-order valence-corrected chi connectivity index (χ1v) is 10.8. The minimum atomic E-state index is 0.137. The molecular formula is C21H32N4O2. The first-order valence-electron chi connectivity index (χ1n) is 10.8. The zero-order valence-electron chi connectivity index (χ0n) is 16.5. The summed E-state index contributed by atoms with van der Waals surface area (Å²) in [6.07, 6.45) is 11.8. The minimum absolute atomic E-state index is 0.137. The van der Waals surface area contributed by atoms with Crippen LogP contribution in [0.1, 0.15) is 74.6 Å². The molecule has 27 heavy (non-hydrogen) atoms. The van der Waals surface area contributed by atoms with E-state index in [0.717, 1.165) is 76.2 Å². The highest BCUT2D eigenvalue weighted by Crippen LogP contribution is 2.31. The lowest BCUT2D eigenvalue weighted by Crippen LogP contribution is -2.48. The predicted molar refractivity (Wildman–Crippen MR) is 103 cm³/mol. The fourth-order valence-electron chi connectivity index (χ4n) is 5.25. The summed E-state index contributed by atoms with van der Waals surface area (Å²) in [5.41, 5.74) is 0.767. The minimum Gasteiger partial charge on any atom is -0.340 e. The molecule has 0 aliphatic carbocycles. The topological polar surface area (TPSA) is 58.4 Å². The van der Waals surface area contributed by atoms with E-state index in [4.69, 9.17) is 0 Å². The van der Waals surface area contributed by atoms with Crippen molar-refractivity contribution in [3.63, 3.8) is 0 Å². The van der Waals surface area contributed by atoms with Crippen LogP contribution in [-0.4, -0.2) is 56.8 Å². The zero-order valence-corrected chi connectivity index (χ0v) is 16.5. The third-order valence-corrected chi connectivity index (χ3v) is 6.76. The van der Waals surface area contributed by atoms with Crippen LogP contribution in [0.4, 0.5) is 0 Å². The zero-order chi connectivity index (χ0) is 18.8. The second-order valence-electron chi connectivity index (χ2n) is 8.43. The lowest BCUT2D eigenvalue weighted by molar-refractivity contribution is -0.132. The van der Waals surface area contributed by atoms with E-state index in [-0.39, 0.29) is 11.8 Å². The normalized spacial score (nSPS) is 24.4. The standard InChI is InChI=1S/C21H32N4O2/c1-16(26)24-11-5-2-3-7-18(24)17-9-13-23(14-10-17)21(27)19-15-22-20-8-4-6-12-25(19)20/h15,17-18H,2-14H2,1H3. The third-order valence-electron chi connectivity index (χ3n) is 6.76. The highest BCUT2D eigenvalue weighted by atomic mass is 16.2. The summed E-state index contributed by atoms with van der Waals surface area (Å²) in [6, 6.07) is 0.366. The van der Waals surface area contributed by atoms with Crippen molar-refractivity contribution < 1.29 is 9.59 Å². The van der Waals surface area contributed by atoms with Crippen molar-refractivity contribution in [1.29, 1.82) is 0 Å². The van der Waals surface area contributed by atoms with Gasteiger partial charge in [0.15, 0.2) is 0 Å². The Morgan fingerprint density at radius 2 is 1.74 bits per heavy atom. The van der Waals surface area contributed by atoms with Crippen LogP contribution in [0.15, 0.2) is 6.20 Å². The maximum Gasteiger partial charge on any atom is 0.272 e. The molecule has 2 amide bonds. The van der Waals surface area contributed by atoms with Gasteiger partial charge in [-0.3, -0.25) is 9.59 Å². The number of carbonyl (C=O) groups is 2. The quantitative estimate of drug-likeness (QED) is 0.802. The van der Waals surface area contributed by atoms with Crippen molar-refractivity contribution >= 4 is 11.8 Å². The summed E-state index contributed by atoms with van der Waals surface area (Å²) in [7, 11) is 0. The summed E-state index contributed by atoms with van der Waals surface area (Å²) in [4.78, 5) is 33.8. The summed E-state index contributed by atoms with van der Waals surface area (Å²) in [5.74, 6) is 1.94. The van der Waals surface area contributed by atoms with E-state index in [2.05, 4.69) is 14.5 Å². The van der Waals surface area contributed by atoms with Gasteiger partial charge in [-0.25, -0.2) is 4.98 Å². The van der Waals surface area contributed by atoms with Gasteiger partial charge in [-0.15, -0.1) is 0 Å². The van der Waals surface area contributed by atoms with E-state index in [1.54, 1.807) is 13.1 Å². The Morgan fingerprint density at radius 3 is 2.52 bits per heavy atom. The Kier molecular flexibility index (Phi) is 5.50. The van der Waals surface area contributed by atoms with Crippen LogP contribution < -0.4 is 0 Å². The molecule has 6 heteroatoms. The van der Waals surface area contributed by atoms with Gasteiger partial charge >= 0.3 is 0 Å². The number of likely N-dealkylation sites (tertiary alicyclic amines) is 2. The molecule has 0 radical (unpaired) electrons. The van der Waals surface area contributed by atoms with E-state index >= 15 is 0 Å². The van der Waals surface area contributed by atoms with Crippen LogP contribution >= 0.6 is 0 Å². The number of nitrogens with zero attached hydrogens (tertiary/aromatic N) is 4. The molecule has 6 nitrogen and oxygen atoms in total. The van der Waals surface area contributed by atoms with Gasteiger partial charge in [-0.2, -0.15) is 0 Å². The summed E-state index contributed by atoms with van der Waals surface area (Å²) < 4.78 is 2.13. The fourth-order valence-corrected chi connectivity index (χ4v) is 5.25. The van der Waals surface area contributed by atoms with Gasteiger partial charge in [0.2, 0.25) is 5.91 Å². The molecular weight excluding hydrogens is 340 g/mol. The Morgan fingerprint density at radius 1 is 0.963 bits per heavy atom. The molecule has 2 fully saturated rings. The van der Waals surface area contributed by atoms with Crippen LogP contribution in [0.25, 0.3) is 0 Å². The van der Waals surface area contributed by atoms with Gasteiger partial charge < -0.3 is 14.4 Å². The summed E-state index contributed by atoms with van der Waals surface area (Å²) in [6.45, 7) is 5.13. The Hall–Kier alpha value is -1.85. The van der Waals surface area contributed by atoms with Crippen molar-refractivity contribution in [2.75, 3.05) is 19.6 Å².